The van der Waals surface area contributed by atoms with E-state index in [1.807, 2.05) is 65.8 Å². The van der Waals surface area contributed by atoms with Gasteiger partial charge in [0.25, 0.3) is 0 Å². The van der Waals surface area contributed by atoms with Gasteiger partial charge in [-0.1, -0.05) is 38.2 Å². The fourth-order valence-corrected chi connectivity index (χ4v) is 6.40. The molecule has 1 unspecified atom stereocenters. The Morgan fingerprint density at radius 3 is 2.29 bits per heavy atom. The second kappa shape index (κ2) is 8.19. The number of amides is 3. The molecule has 1 spiro atoms. The van der Waals surface area contributed by atoms with Gasteiger partial charge in [-0.3, -0.25) is 14.4 Å². The summed E-state index contributed by atoms with van der Waals surface area (Å²) in [5.74, 6) is -2.05. The Morgan fingerprint density at radius 1 is 1.06 bits per heavy atom. The van der Waals surface area contributed by atoms with Crippen molar-refractivity contribution in [3.05, 3.63) is 24.3 Å². The van der Waals surface area contributed by atoms with Crippen LogP contribution in [0.25, 0.3) is 0 Å². The Balaban J connectivity index is 1.92. The lowest BCUT2D eigenvalue weighted by Crippen LogP contribution is -2.61. The topological polar surface area (TPSA) is 90.4 Å². The highest BCUT2D eigenvalue weighted by Crippen LogP contribution is 2.58. The van der Waals surface area contributed by atoms with Crippen molar-refractivity contribution in [2.24, 2.45) is 17.8 Å². The summed E-state index contributed by atoms with van der Waals surface area (Å²) in [6, 6.07) is -1.49. The van der Waals surface area contributed by atoms with Crippen LogP contribution in [-0.4, -0.2) is 93.1 Å². The molecular formula is C26H39N3O5. The lowest BCUT2D eigenvalue weighted by Gasteiger charge is -2.43. The molecule has 34 heavy (non-hydrogen) atoms. The Hall–Kier alpha value is -2.19. The molecule has 6 atom stereocenters. The number of hydrogen-bond acceptors (Lipinski definition) is 5. The minimum absolute atomic E-state index is 0.162. The molecule has 8 nitrogen and oxygen atoms in total. The van der Waals surface area contributed by atoms with Crippen molar-refractivity contribution in [3.8, 4) is 0 Å². The maximum Gasteiger partial charge on any atom is 0.249 e. The summed E-state index contributed by atoms with van der Waals surface area (Å²) in [6.07, 6.45) is 8.07. The third-order valence-corrected chi connectivity index (χ3v) is 7.85. The van der Waals surface area contributed by atoms with Crippen molar-refractivity contribution in [2.75, 3.05) is 26.7 Å². The van der Waals surface area contributed by atoms with Crippen molar-refractivity contribution in [2.45, 2.75) is 76.8 Å². The molecule has 2 fully saturated rings. The summed E-state index contributed by atoms with van der Waals surface area (Å²) < 4.78 is 6.77. The van der Waals surface area contributed by atoms with E-state index in [0.717, 1.165) is 0 Å². The van der Waals surface area contributed by atoms with Gasteiger partial charge in [-0.15, -0.1) is 0 Å². The molecule has 0 aromatic carbocycles. The monoisotopic (exact) mass is 473 g/mol. The Labute approximate surface area is 202 Å². The average Bonchev–Trinajstić information content (AvgIpc) is 3.00. The number of hydrogen-bond donors (Lipinski definition) is 1. The number of nitrogens with zero attached hydrogens (tertiary/aromatic N) is 3. The van der Waals surface area contributed by atoms with E-state index in [4.69, 9.17) is 4.74 Å². The van der Waals surface area contributed by atoms with Gasteiger partial charge < -0.3 is 24.5 Å². The van der Waals surface area contributed by atoms with Gasteiger partial charge in [0, 0.05) is 25.7 Å². The number of likely N-dealkylation sites (N-methyl/N-ethyl adjacent to an activating group) is 1. The number of carbonyl (C=O) groups is 3. The predicted molar refractivity (Wildman–Crippen MR) is 128 cm³/mol. The maximum atomic E-state index is 14.2. The van der Waals surface area contributed by atoms with Gasteiger partial charge in [0.05, 0.1) is 30.1 Å². The fraction of sp³-hybridized carbons (Fsp3) is 0.731. The van der Waals surface area contributed by atoms with Crippen LogP contribution in [-0.2, 0) is 19.1 Å². The molecule has 0 saturated carbocycles. The highest BCUT2D eigenvalue weighted by molar-refractivity contribution is 6.00. The first-order valence-electron chi connectivity index (χ1n) is 12.3. The molecule has 0 aromatic heterocycles. The molecule has 0 bridgehead atoms. The number of ether oxygens (including phenoxy) is 1. The van der Waals surface area contributed by atoms with Gasteiger partial charge in [-0.05, 0) is 40.0 Å². The molecule has 8 heteroatoms. The van der Waals surface area contributed by atoms with Crippen molar-refractivity contribution < 1.29 is 24.2 Å². The van der Waals surface area contributed by atoms with Crippen LogP contribution in [0.5, 0.6) is 0 Å². The zero-order chi connectivity index (χ0) is 25.2. The van der Waals surface area contributed by atoms with Gasteiger partial charge in [-0.25, -0.2) is 0 Å². The van der Waals surface area contributed by atoms with Gasteiger partial charge >= 0.3 is 0 Å². The van der Waals surface area contributed by atoms with Crippen molar-refractivity contribution in [3.63, 3.8) is 0 Å². The molecule has 0 radical (unpaired) electrons. The van der Waals surface area contributed by atoms with Crippen LogP contribution in [0.2, 0.25) is 0 Å². The molecule has 3 amide bonds. The van der Waals surface area contributed by atoms with Crippen LogP contribution in [0.1, 0.15) is 48.0 Å². The zero-order valence-corrected chi connectivity index (χ0v) is 21.4. The second-order valence-electron chi connectivity index (χ2n) is 11.9. The van der Waals surface area contributed by atoms with Gasteiger partial charge in [0.2, 0.25) is 17.7 Å². The summed E-state index contributed by atoms with van der Waals surface area (Å²) in [5.41, 5.74) is -2.77. The first-order chi connectivity index (χ1) is 15.8. The van der Waals surface area contributed by atoms with Crippen LogP contribution in [0.4, 0.5) is 0 Å². The highest BCUT2D eigenvalue weighted by Gasteiger charge is 2.75. The number of aliphatic hydroxyl groups is 1. The van der Waals surface area contributed by atoms with Crippen molar-refractivity contribution in [1.29, 1.82) is 0 Å². The molecular weight excluding hydrogens is 434 g/mol. The van der Waals surface area contributed by atoms with Gasteiger partial charge in [0.15, 0.2) is 0 Å². The molecule has 4 heterocycles. The summed E-state index contributed by atoms with van der Waals surface area (Å²) in [4.78, 5) is 47.0. The SMILES string of the molecule is CC(C)C[C@H](CO)N1C(=O)[C@@H]2[C@@H]3C(=O)N(C)CC=C[C@]3(C)O[C@@]23C=CCN(C(C)(C)C)C(=O)C13. The third kappa shape index (κ3) is 3.52. The summed E-state index contributed by atoms with van der Waals surface area (Å²) in [6.45, 7) is 12.4. The van der Waals surface area contributed by atoms with Crippen LogP contribution >= 0.6 is 0 Å². The van der Waals surface area contributed by atoms with Crippen LogP contribution in [0.15, 0.2) is 24.3 Å². The van der Waals surface area contributed by atoms with E-state index in [1.54, 1.807) is 21.7 Å². The number of fused-ring (bicyclic) bond motifs is 2. The quantitative estimate of drug-likeness (QED) is 0.627. The number of rotatable bonds is 4. The van der Waals surface area contributed by atoms with Crippen molar-refractivity contribution in [1.82, 2.24) is 14.7 Å². The molecule has 2 saturated heterocycles. The zero-order valence-electron chi connectivity index (χ0n) is 21.4. The highest BCUT2D eigenvalue weighted by atomic mass is 16.5. The lowest BCUT2D eigenvalue weighted by molar-refractivity contribution is -0.158. The largest absolute Gasteiger partial charge is 0.394 e. The third-order valence-electron chi connectivity index (χ3n) is 7.85. The van der Waals surface area contributed by atoms with Crippen LogP contribution < -0.4 is 0 Å². The first-order valence-corrected chi connectivity index (χ1v) is 12.3. The van der Waals surface area contributed by atoms with E-state index in [1.165, 1.54) is 0 Å². The lowest BCUT2D eigenvalue weighted by atomic mass is 9.74. The first kappa shape index (κ1) is 24.9. The Bertz CT molecular complexity index is 937. The molecule has 1 N–H and O–H groups in total. The minimum Gasteiger partial charge on any atom is -0.394 e. The minimum atomic E-state index is -1.28. The summed E-state index contributed by atoms with van der Waals surface area (Å²) >= 11 is 0. The van der Waals surface area contributed by atoms with Crippen molar-refractivity contribution >= 4 is 17.7 Å². The van der Waals surface area contributed by atoms with E-state index in [0.29, 0.717) is 19.5 Å². The number of carbonyl (C=O) groups excluding carboxylic acids is 3. The van der Waals surface area contributed by atoms with Crippen LogP contribution in [0, 0.1) is 17.8 Å². The molecule has 0 aromatic rings. The van der Waals surface area contributed by atoms with E-state index in [2.05, 4.69) is 0 Å². The van der Waals surface area contributed by atoms with Crippen LogP contribution in [0.3, 0.4) is 0 Å². The fourth-order valence-electron chi connectivity index (χ4n) is 6.40. The Kier molecular flexibility index (Phi) is 6.00. The van der Waals surface area contributed by atoms with Gasteiger partial charge in [-0.2, -0.15) is 0 Å². The summed E-state index contributed by atoms with van der Waals surface area (Å²) in [7, 11) is 1.72. The summed E-state index contributed by atoms with van der Waals surface area (Å²) in [5, 5.41) is 10.3. The number of likely N-dealkylation sites (tertiary alicyclic amines) is 1. The number of aliphatic hydroxyl groups excluding tert-OH is 1. The van der Waals surface area contributed by atoms with E-state index >= 15 is 0 Å². The molecule has 4 aliphatic heterocycles. The van der Waals surface area contributed by atoms with E-state index in [9.17, 15) is 19.5 Å². The Morgan fingerprint density at radius 2 is 1.71 bits per heavy atom. The normalized spacial score (nSPS) is 36.6. The predicted octanol–water partition coefficient (Wildman–Crippen LogP) is 1.59. The molecule has 4 rings (SSSR count). The molecule has 4 aliphatic rings. The molecule has 0 aliphatic carbocycles. The second-order valence-corrected chi connectivity index (χ2v) is 11.9. The smallest absolute Gasteiger partial charge is 0.249 e. The maximum absolute atomic E-state index is 14.2. The van der Waals surface area contributed by atoms with Gasteiger partial charge in [0.1, 0.15) is 11.6 Å². The average molecular weight is 474 g/mol. The van der Waals surface area contributed by atoms with E-state index in [-0.39, 0.29) is 30.2 Å². The van der Waals surface area contributed by atoms with E-state index < -0.39 is 40.7 Å². The molecule has 188 valence electrons. The standard InChI is InChI=1S/C26H39N3O5/c1-16(2)14-17(15-30)29-20-23(33)28(24(3,4)5)13-9-11-26(20)19(22(29)32)18-21(31)27(7)12-8-10-25(18,6)34-26/h8-11,16-20,30H,12-15H2,1-7H3/t17-,18-,19+,20?,25+,26+/m1/s1.